The first-order valence-corrected chi connectivity index (χ1v) is 13.7. The zero-order valence-corrected chi connectivity index (χ0v) is 23.1. The molecule has 1 atom stereocenters. The summed E-state index contributed by atoms with van der Waals surface area (Å²) < 4.78 is 11.1. The topological polar surface area (TPSA) is 142 Å². The van der Waals surface area contributed by atoms with Crippen molar-refractivity contribution in [1.29, 1.82) is 0 Å². The molecule has 0 unspecified atom stereocenters. The summed E-state index contributed by atoms with van der Waals surface area (Å²) in [6, 6.07) is 6.99. The number of ether oxygens (including phenoxy) is 2. The summed E-state index contributed by atoms with van der Waals surface area (Å²) in [5, 5.41) is 13.0. The lowest BCUT2D eigenvalue weighted by Crippen LogP contribution is -2.52. The number of pyridine rings is 1. The van der Waals surface area contributed by atoms with Crippen molar-refractivity contribution in [2.75, 3.05) is 59.0 Å². The van der Waals surface area contributed by atoms with E-state index in [9.17, 15) is 24.3 Å². The first-order valence-electron chi connectivity index (χ1n) is 13.7. The first kappa shape index (κ1) is 29.1. The van der Waals surface area contributed by atoms with Gasteiger partial charge in [0.1, 0.15) is 11.4 Å². The van der Waals surface area contributed by atoms with Crippen molar-refractivity contribution in [2.45, 2.75) is 39.2 Å². The lowest BCUT2D eigenvalue weighted by Gasteiger charge is -2.34. The standard InChI is InChI=1S/C28H37N5O7/c1-3-4-13-39-28(38)32-11-9-31(10-12-32)25(35)16-29-27(37)23-15-24(21-6-5-19(2)14-22(21)30-23)40-18-26(36)33-8-7-20(34)17-33/h5-6,14-15,20,34H,3-4,7-13,16-18H2,1-2H3,(H,29,37)/t20-/m0/s1. The Morgan fingerprint density at radius 2 is 1.77 bits per heavy atom. The van der Waals surface area contributed by atoms with Gasteiger partial charge in [-0.05, 0) is 37.5 Å². The molecule has 0 aliphatic carbocycles. The number of aromatic nitrogens is 1. The summed E-state index contributed by atoms with van der Waals surface area (Å²) in [6.07, 6.45) is 1.39. The third-order valence-electron chi connectivity index (χ3n) is 7.04. The number of β-amino-alcohol motifs (C(OH)–C–C–N with tert-alkyl or cyclic N) is 1. The Balaban J connectivity index is 1.34. The summed E-state index contributed by atoms with van der Waals surface area (Å²) >= 11 is 0. The molecule has 0 radical (unpaired) electrons. The van der Waals surface area contributed by atoms with Gasteiger partial charge in [0.2, 0.25) is 5.91 Å². The Hall–Kier alpha value is -3.93. The van der Waals surface area contributed by atoms with Gasteiger partial charge in [-0.2, -0.15) is 0 Å². The van der Waals surface area contributed by atoms with Crippen LogP contribution in [0.5, 0.6) is 5.75 Å². The Labute approximate surface area is 233 Å². The fourth-order valence-electron chi connectivity index (χ4n) is 4.63. The molecule has 40 heavy (non-hydrogen) atoms. The number of piperazine rings is 1. The van der Waals surface area contributed by atoms with E-state index >= 15 is 0 Å². The molecule has 0 spiro atoms. The van der Waals surface area contributed by atoms with Crippen molar-refractivity contribution in [3.05, 3.63) is 35.5 Å². The lowest BCUT2D eigenvalue weighted by molar-refractivity contribution is -0.133. The molecule has 2 N–H and O–H groups in total. The monoisotopic (exact) mass is 555 g/mol. The van der Waals surface area contributed by atoms with Crippen molar-refractivity contribution >= 4 is 34.7 Å². The third-order valence-corrected chi connectivity index (χ3v) is 7.04. The number of amides is 4. The van der Waals surface area contributed by atoms with Crippen molar-refractivity contribution in [2.24, 2.45) is 0 Å². The molecular weight excluding hydrogens is 518 g/mol. The SMILES string of the molecule is CCCCOC(=O)N1CCN(C(=O)CNC(=O)c2cc(OCC(=O)N3CC[C@H](O)C3)c3ccc(C)cc3n2)CC1. The summed E-state index contributed by atoms with van der Waals surface area (Å²) in [6.45, 7) is 6.03. The van der Waals surface area contributed by atoms with E-state index in [-0.39, 0.29) is 43.3 Å². The van der Waals surface area contributed by atoms with E-state index in [1.807, 2.05) is 32.0 Å². The normalized spacial score (nSPS) is 17.2. The number of hydrogen-bond acceptors (Lipinski definition) is 8. The molecule has 12 heteroatoms. The Morgan fingerprint density at radius 3 is 2.48 bits per heavy atom. The molecule has 4 amide bonds. The molecule has 0 saturated carbocycles. The smallest absolute Gasteiger partial charge is 0.409 e. The predicted molar refractivity (Wildman–Crippen MR) is 146 cm³/mol. The number of unbranched alkanes of at least 4 members (excludes halogenated alkanes) is 1. The number of aliphatic hydroxyl groups is 1. The highest BCUT2D eigenvalue weighted by molar-refractivity contribution is 5.98. The molecule has 2 aliphatic rings. The van der Waals surface area contributed by atoms with Crippen LogP contribution in [0.15, 0.2) is 24.3 Å². The van der Waals surface area contributed by atoms with Crippen LogP contribution in [0.25, 0.3) is 10.9 Å². The second-order valence-corrected chi connectivity index (χ2v) is 10.1. The molecule has 12 nitrogen and oxygen atoms in total. The van der Waals surface area contributed by atoms with Gasteiger partial charge in [-0.25, -0.2) is 9.78 Å². The van der Waals surface area contributed by atoms with Crippen LogP contribution in [-0.2, 0) is 14.3 Å². The molecule has 1 aromatic heterocycles. The van der Waals surface area contributed by atoms with Gasteiger partial charge in [0, 0.05) is 50.7 Å². The van der Waals surface area contributed by atoms with Crippen molar-refractivity contribution in [1.82, 2.24) is 25.0 Å². The van der Waals surface area contributed by atoms with Crippen LogP contribution in [0.3, 0.4) is 0 Å². The van der Waals surface area contributed by atoms with E-state index in [1.165, 1.54) is 6.07 Å². The van der Waals surface area contributed by atoms with Gasteiger partial charge in [0.05, 0.1) is 24.8 Å². The van der Waals surface area contributed by atoms with E-state index in [0.29, 0.717) is 62.4 Å². The maximum atomic E-state index is 13.0. The third kappa shape index (κ3) is 7.38. The molecule has 3 heterocycles. The van der Waals surface area contributed by atoms with Crippen LogP contribution in [-0.4, -0.2) is 114 Å². The van der Waals surface area contributed by atoms with E-state index in [2.05, 4.69) is 10.3 Å². The van der Waals surface area contributed by atoms with Crippen LogP contribution in [0, 0.1) is 6.92 Å². The second kappa shape index (κ2) is 13.4. The van der Waals surface area contributed by atoms with E-state index in [0.717, 1.165) is 18.4 Å². The van der Waals surface area contributed by atoms with E-state index < -0.39 is 12.0 Å². The molecule has 0 bridgehead atoms. The van der Waals surface area contributed by atoms with Crippen molar-refractivity contribution in [3.8, 4) is 5.75 Å². The highest BCUT2D eigenvalue weighted by Crippen LogP contribution is 2.27. The molecule has 2 fully saturated rings. The van der Waals surface area contributed by atoms with Gasteiger partial charge in [-0.15, -0.1) is 0 Å². The molecule has 2 aromatic rings. The van der Waals surface area contributed by atoms with Gasteiger partial charge < -0.3 is 34.6 Å². The summed E-state index contributed by atoms with van der Waals surface area (Å²) in [7, 11) is 0. The van der Waals surface area contributed by atoms with E-state index in [1.54, 1.807) is 14.7 Å². The number of aryl methyl sites for hydroxylation is 1. The van der Waals surface area contributed by atoms with Gasteiger partial charge in [-0.3, -0.25) is 14.4 Å². The average Bonchev–Trinajstić information content (AvgIpc) is 3.40. The maximum absolute atomic E-state index is 13.0. The Morgan fingerprint density at radius 1 is 1.02 bits per heavy atom. The number of hydrogen-bond donors (Lipinski definition) is 2. The number of carbonyl (C=O) groups excluding carboxylic acids is 4. The maximum Gasteiger partial charge on any atom is 0.409 e. The molecule has 216 valence electrons. The van der Waals surface area contributed by atoms with Crippen LogP contribution >= 0.6 is 0 Å². The number of benzene rings is 1. The van der Waals surface area contributed by atoms with Crippen LogP contribution in [0.2, 0.25) is 0 Å². The summed E-state index contributed by atoms with van der Waals surface area (Å²) in [5.74, 6) is -0.733. The number of rotatable bonds is 9. The van der Waals surface area contributed by atoms with Crippen molar-refractivity contribution < 1.29 is 33.8 Å². The summed E-state index contributed by atoms with van der Waals surface area (Å²) in [5.41, 5.74) is 1.53. The largest absolute Gasteiger partial charge is 0.483 e. The molecular formula is C28H37N5O7. The Kier molecular flexibility index (Phi) is 9.75. The lowest BCUT2D eigenvalue weighted by atomic mass is 10.1. The predicted octanol–water partition coefficient (Wildman–Crippen LogP) is 1.33. The van der Waals surface area contributed by atoms with E-state index in [4.69, 9.17) is 9.47 Å². The minimum absolute atomic E-state index is 0.0598. The van der Waals surface area contributed by atoms with Crippen LogP contribution < -0.4 is 10.1 Å². The highest BCUT2D eigenvalue weighted by atomic mass is 16.6. The number of nitrogens with zero attached hydrogens (tertiary/aromatic N) is 4. The van der Waals surface area contributed by atoms with Gasteiger partial charge in [0.15, 0.2) is 6.61 Å². The van der Waals surface area contributed by atoms with Gasteiger partial charge in [0.25, 0.3) is 11.8 Å². The number of nitrogens with one attached hydrogen (secondary N) is 1. The molecule has 2 aliphatic heterocycles. The zero-order chi connectivity index (χ0) is 28.6. The Bertz CT molecular complexity index is 1250. The molecule has 1 aromatic carbocycles. The number of carbonyl (C=O) groups is 4. The minimum Gasteiger partial charge on any atom is -0.483 e. The number of fused-ring (bicyclic) bond motifs is 1. The quantitative estimate of drug-likeness (QED) is 0.442. The van der Waals surface area contributed by atoms with Gasteiger partial charge in [-0.1, -0.05) is 19.4 Å². The zero-order valence-electron chi connectivity index (χ0n) is 23.1. The summed E-state index contributed by atoms with van der Waals surface area (Å²) in [4.78, 5) is 59.6. The highest BCUT2D eigenvalue weighted by Gasteiger charge is 2.27. The second-order valence-electron chi connectivity index (χ2n) is 10.1. The molecule has 4 rings (SSSR count). The average molecular weight is 556 g/mol. The van der Waals surface area contributed by atoms with Crippen LogP contribution in [0.1, 0.15) is 42.2 Å². The first-order chi connectivity index (χ1) is 19.2. The number of likely N-dealkylation sites (tertiary alicyclic amines) is 1. The number of aliphatic hydroxyl groups excluding tert-OH is 1. The fraction of sp³-hybridized carbons (Fsp3) is 0.536. The van der Waals surface area contributed by atoms with Crippen LogP contribution in [0.4, 0.5) is 4.79 Å². The molecule has 2 saturated heterocycles. The fourth-order valence-corrected chi connectivity index (χ4v) is 4.63. The minimum atomic E-state index is -0.547. The van der Waals surface area contributed by atoms with Gasteiger partial charge >= 0.3 is 6.09 Å². The van der Waals surface area contributed by atoms with Crippen molar-refractivity contribution in [3.63, 3.8) is 0 Å².